The molecular weight excluding hydrogens is 526 g/mol. The Bertz CT molecular complexity index is 1390. The van der Waals surface area contributed by atoms with Crippen molar-refractivity contribution < 1.29 is 14.0 Å². The van der Waals surface area contributed by atoms with Crippen LogP contribution in [0.5, 0.6) is 0 Å². The largest absolute Gasteiger partial charge is 0.443 e. The van der Waals surface area contributed by atoms with Crippen LogP contribution in [-0.2, 0) is 21.2 Å². The predicted molar refractivity (Wildman–Crippen MR) is 172 cm³/mol. The van der Waals surface area contributed by atoms with Crippen molar-refractivity contribution in [2.24, 2.45) is 0 Å². The number of carbonyl (C=O) groups is 1. The summed E-state index contributed by atoms with van der Waals surface area (Å²) in [4.78, 5) is 20.7. The van der Waals surface area contributed by atoms with E-state index in [1.54, 1.807) is 0 Å². The summed E-state index contributed by atoms with van der Waals surface area (Å²) >= 11 is 0. The van der Waals surface area contributed by atoms with Crippen molar-refractivity contribution in [3.8, 4) is 0 Å². The molecule has 0 radical (unpaired) electrons. The Labute approximate surface area is 247 Å². The first-order valence-electron chi connectivity index (χ1n) is 14.8. The zero-order valence-corrected chi connectivity index (χ0v) is 27.4. The molecular formula is C34H47N3O3Si. The van der Waals surface area contributed by atoms with Crippen LogP contribution >= 0.6 is 0 Å². The number of carbonyl (C=O) groups excluding carboxylic acids is 1. The molecule has 0 aliphatic carbocycles. The third kappa shape index (κ3) is 4.81. The summed E-state index contributed by atoms with van der Waals surface area (Å²) in [5.41, 5.74) is 5.77. The zero-order valence-electron chi connectivity index (χ0n) is 26.4. The predicted octanol–water partition coefficient (Wildman–Crippen LogP) is 7.91. The highest BCUT2D eigenvalue weighted by Crippen LogP contribution is 2.62. The van der Waals surface area contributed by atoms with E-state index in [0.29, 0.717) is 6.61 Å². The molecule has 0 saturated carbocycles. The molecule has 3 aliphatic rings. The van der Waals surface area contributed by atoms with E-state index in [0.717, 1.165) is 36.4 Å². The summed E-state index contributed by atoms with van der Waals surface area (Å²) in [6.45, 7) is 23.5. The topological polar surface area (TPSA) is 45.2 Å². The van der Waals surface area contributed by atoms with Crippen LogP contribution < -0.4 is 9.80 Å². The fourth-order valence-corrected chi connectivity index (χ4v) is 7.44. The number of benzene rings is 2. The summed E-state index contributed by atoms with van der Waals surface area (Å²) in [5, 5.41) is 0.112. The number of likely N-dealkylation sites (N-methyl/N-ethyl adjacent to an activating group) is 1. The van der Waals surface area contributed by atoms with E-state index in [1.165, 1.54) is 16.7 Å². The van der Waals surface area contributed by atoms with Crippen molar-refractivity contribution in [3.05, 3.63) is 78.0 Å². The molecule has 0 unspecified atom stereocenters. The first kappa shape index (κ1) is 29.5. The number of rotatable bonds is 5. The van der Waals surface area contributed by atoms with Crippen molar-refractivity contribution in [1.29, 1.82) is 0 Å². The van der Waals surface area contributed by atoms with Crippen LogP contribution in [0.15, 0.2) is 61.3 Å². The maximum Gasteiger partial charge on any atom is 0.416 e. The third-order valence-corrected chi connectivity index (χ3v) is 13.9. The van der Waals surface area contributed by atoms with Crippen LogP contribution in [0.3, 0.4) is 0 Å². The molecule has 41 heavy (non-hydrogen) atoms. The van der Waals surface area contributed by atoms with Crippen LogP contribution in [-0.4, -0.2) is 51.2 Å². The van der Waals surface area contributed by atoms with Gasteiger partial charge in [-0.15, -0.1) is 6.58 Å². The molecule has 3 heterocycles. The van der Waals surface area contributed by atoms with Gasteiger partial charge in [-0.2, -0.15) is 0 Å². The quantitative estimate of drug-likeness (QED) is 0.269. The number of anilines is 2. The number of ether oxygens (including phenoxy) is 1. The molecule has 7 heteroatoms. The molecule has 2 atom stereocenters. The Balaban J connectivity index is 1.74. The van der Waals surface area contributed by atoms with Gasteiger partial charge in [-0.25, -0.2) is 4.79 Å². The van der Waals surface area contributed by atoms with Gasteiger partial charge in [0.05, 0.1) is 17.7 Å². The molecule has 0 aromatic heterocycles. The van der Waals surface area contributed by atoms with Crippen LogP contribution in [0, 0.1) is 0 Å². The molecule has 6 nitrogen and oxygen atoms in total. The minimum absolute atomic E-state index is 0.112. The van der Waals surface area contributed by atoms with Gasteiger partial charge < -0.3 is 19.0 Å². The molecule has 2 aromatic carbocycles. The minimum Gasteiger partial charge on any atom is -0.443 e. The summed E-state index contributed by atoms with van der Waals surface area (Å²) in [7, 11) is 0.124. The van der Waals surface area contributed by atoms with E-state index >= 15 is 0 Å². The lowest BCUT2D eigenvalue weighted by molar-refractivity contribution is 0.0550. The van der Waals surface area contributed by atoms with Gasteiger partial charge >= 0.3 is 6.09 Å². The Hall–Kier alpha value is -3.03. The second kappa shape index (κ2) is 10.1. The molecule has 0 bridgehead atoms. The summed E-state index contributed by atoms with van der Waals surface area (Å²) in [6, 6.07) is 14.8. The molecule has 220 valence electrons. The average Bonchev–Trinajstić information content (AvgIpc) is 3.13. The lowest BCUT2D eigenvalue weighted by Crippen LogP contribution is -2.62. The van der Waals surface area contributed by atoms with Crippen molar-refractivity contribution in [3.63, 3.8) is 0 Å². The minimum atomic E-state index is -2.00. The second-order valence-electron chi connectivity index (χ2n) is 14.3. The van der Waals surface area contributed by atoms with Crippen LogP contribution in [0.25, 0.3) is 5.57 Å². The highest BCUT2D eigenvalue weighted by molar-refractivity contribution is 6.74. The summed E-state index contributed by atoms with van der Waals surface area (Å²) in [6.07, 6.45) is 4.55. The fraction of sp³-hybridized carbons (Fsp3) is 0.500. The van der Waals surface area contributed by atoms with E-state index in [-0.39, 0.29) is 17.3 Å². The van der Waals surface area contributed by atoms with Crippen molar-refractivity contribution in [1.82, 2.24) is 4.90 Å². The van der Waals surface area contributed by atoms with Gasteiger partial charge in [-0.1, -0.05) is 57.2 Å². The van der Waals surface area contributed by atoms with E-state index in [4.69, 9.17) is 9.16 Å². The molecule has 3 aliphatic heterocycles. The van der Waals surface area contributed by atoms with Gasteiger partial charge in [0.2, 0.25) is 0 Å². The number of hydrogen-bond donors (Lipinski definition) is 0. The van der Waals surface area contributed by atoms with Crippen molar-refractivity contribution in [2.45, 2.75) is 89.9 Å². The van der Waals surface area contributed by atoms with Gasteiger partial charge in [0.15, 0.2) is 8.32 Å². The molecule has 0 fully saturated rings. The number of hydrogen-bond acceptors (Lipinski definition) is 5. The molecule has 2 aromatic rings. The first-order chi connectivity index (χ1) is 19.1. The normalized spacial score (nSPS) is 21.9. The molecule has 1 amide bonds. The number of fused-ring (bicyclic) bond motifs is 3. The SMILES string of the molecule is C=CCN1C=C2c3ccccc3N(C(=O)OC(C)(C)C)[C@@H]3N(C)c4cccc(CO[Si](C)(C)C(C)(C)C)c4[C@]23CC1. The smallest absolute Gasteiger partial charge is 0.416 e. The summed E-state index contributed by atoms with van der Waals surface area (Å²) < 4.78 is 12.9. The zero-order chi connectivity index (χ0) is 30.0. The van der Waals surface area contributed by atoms with Crippen molar-refractivity contribution in [2.75, 3.05) is 29.9 Å². The monoisotopic (exact) mass is 573 g/mol. The maximum absolute atomic E-state index is 14.1. The number of amides is 1. The van der Waals surface area contributed by atoms with Gasteiger partial charge in [0.1, 0.15) is 11.8 Å². The van der Waals surface area contributed by atoms with Crippen LogP contribution in [0.4, 0.5) is 16.2 Å². The Kier molecular flexibility index (Phi) is 7.22. The summed E-state index contributed by atoms with van der Waals surface area (Å²) in [5.74, 6) is 0. The molecule has 1 spiro atoms. The first-order valence-corrected chi connectivity index (χ1v) is 17.7. The second-order valence-corrected chi connectivity index (χ2v) is 19.1. The van der Waals surface area contributed by atoms with Gasteiger partial charge in [-0.05, 0) is 74.2 Å². The third-order valence-electron chi connectivity index (χ3n) is 9.39. The van der Waals surface area contributed by atoms with Gasteiger partial charge in [-0.3, -0.25) is 4.90 Å². The Morgan fingerprint density at radius 1 is 1.07 bits per heavy atom. The van der Waals surface area contributed by atoms with Gasteiger partial charge in [0, 0.05) is 37.6 Å². The van der Waals surface area contributed by atoms with Crippen molar-refractivity contribution >= 4 is 31.4 Å². The Morgan fingerprint density at radius 3 is 2.41 bits per heavy atom. The molecule has 0 N–H and O–H groups in total. The average molecular weight is 574 g/mol. The molecule has 0 saturated heterocycles. The lowest BCUT2D eigenvalue weighted by Gasteiger charge is -2.53. The van der Waals surface area contributed by atoms with Crippen LogP contribution in [0.1, 0.15) is 64.7 Å². The van der Waals surface area contributed by atoms with Gasteiger partial charge in [0.25, 0.3) is 0 Å². The molecule has 5 rings (SSSR count). The van der Waals surface area contributed by atoms with E-state index in [2.05, 4.69) is 99.9 Å². The van der Waals surface area contributed by atoms with E-state index < -0.39 is 19.3 Å². The number of nitrogens with zero attached hydrogens (tertiary/aromatic N) is 3. The van der Waals surface area contributed by atoms with Crippen LogP contribution in [0.2, 0.25) is 18.1 Å². The maximum atomic E-state index is 14.1. The number of para-hydroxylation sites is 1. The van der Waals surface area contributed by atoms with E-state index in [1.807, 2.05) is 37.8 Å². The standard InChI is InChI=1S/C34H47N3O3Si/c1-11-20-36-21-19-34-26(22-36)25-16-12-13-17-27(25)37(31(38)40-32(2,3)4)30(34)35(8)28-18-14-15-24(29(28)34)23-39-41(9,10)33(5,6)7/h11-18,22,30H,1,19-21,23H2,2-10H3/t30-,34-/m0/s1. The lowest BCUT2D eigenvalue weighted by atomic mass is 9.64. The highest BCUT2D eigenvalue weighted by atomic mass is 28.4. The Morgan fingerprint density at radius 2 is 1.76 bits per heavy atom. The highest BCUT2D eigenvalue weighted by Gasteiger charge is 2.61. The fourth-order valence-electron chi connectivity index (χ4n) is 6.49. The van der Waals surface area contributed by atoms with E-state index in [9.17, 15) is 4.79 Å².